The Morgan fingerprint density at radius 2 is 1.96 bits per heavy atom. The molecule has 0 bridgehead atoms. The number of ether oxygens (including phenoxy) is 1. The average molecular weight is 310 g/mol. The van der Waals surface area contributed by atoms with E-state index in [-0.39, 0.29) is 11.8 Å². The van der Waals surface area contributed by atoms with E-state index in [9.17, 15) is 9.59 Å². The van der Waals surface area contributed by atoms with Gasteiger partial charge in [-0.3, -0.25) is 9.59 Å². The summed E-state index contributed by atoms with van der Waals surface area (Å²) >= 11 is 0. The van der Waals surface area contributed by atoms with Crippen molar-refractivity contribution < 1.29 is 14.3 Å². The SMILES string of the molecule is COc1ccc(CN2Cc3c(NC(C)=O)cccc3C2=O)cc1. The molecular weight excluding hydrogens is 292 g/mol. The van der Waals surface area contributed by atoms with E-state index in [0.29, 0.717) is 24.3 Å². The molecule has 0 aromatic heterocycles. The van der Waals surface area contributed by atoms with E-state index in [1.165, 1.54) is 6.92 Å². The molecule has 5 heteroatoms. The molecule has 0 saturated carbocycles. The molecule has 118 valence electrons. The molecule has 1 aliphatic rings. The Morgan fingerprint density at radius 1 is 1.22 bits per heavy atom. The van der Waals surface area contributed by atoms with Gasteiger partial charge in [-0.2, -0.15) is 0 Å². The minimum Gasteiger partial charge on any atom is -0.497 e. The van der Waals surface area contributed by atoms with E-state index in [1.54, 1.807) is 24.1 Å². The zero-order chi connectivity index (χ0) is 16.4. The Bertz CT molecular complexity index is 753. The van der Waals surface area contributed by atoms with Crippen LogP contribution in [0.3, 0.4) is 0 Å². The van der Waals surface area contributed by atoms with Gasteiger partial charge in [0, 0.05) is 36.8 Å². The van der Waals surface area contributed by atoms with Crippen LogP contribution in [0, 0.1) is 0 Å². The van der Waals surface area contributed by atoms with Gasteiger partial charge < -0.3 is 15.0 Å². The molecule has 3 rings (SSSR count). The van der Waals surface area contributed by atoms with Gasteiger partial charge in [0.05, 0.1) is 7.11 Å². The molecule has 2 aromatic carbocycles. The fourth-order valence-electron chi connectivity index (χ4n) is 2.78. The van der Waals surface area contributed by atoms with Crippen LogP contribution in [0.15, 0.2) is 42.5 Å². The van der Waals surface area contributed by atoms with Gasteiger partial charge in [0.1, 0.15) is 5.75 Å². The lowest BCUT2D eigenvalue weighted by molar-refractivity contribution is -0.114. The standard InChI is InChI=1S/C18H18N2O3/c1-12(21)19-17-5-3-4-15-16(17)11-20(18(15)22)10-13-6-8-14(23-2)9-7-13/h3-9H,10-11H2,1-2H3,(H,19,21). The first kappa shape index (κ1) is 15.1. The number of nitrogens with zero attached hydrogens (tertiary/aromatic N) is 1. The Kier molecular flexibility index (Phi) is 4.02. The molecule has 1 N–H and O–H groups in total. The highest BCUT2D eigenvalue weighted by molar-refractivity contribution is 6.01. The van der Waals surface area contributed by atoms with Crippen molar-refractivity contribution in [3.8, 4) is 5.75 Å². The molecule has 2 aromatic rings. The van der Waals surface area contributed by atoms with Gasteiger partial charge in [0.15, 0.2) is 0 Å². The lowest BCUT2D eigenvalue weighted by Crippen LogP contribution is -2.23. The molecule has 0 spiro atoms. The smallest absolute Gasteiger partial charge is 0.254 e. The molecule has 1 heterocycles. The molecule has 0 unspecified atom stereocenters. The van der Waals surface area contributed by atoms with E-state index < -0.39 is 0 Å². The molecule has 0 saturated heterocycles. The number of anilines is 1. The van der Waals surface area contributed by atoms with Gasteiger partial charge in [-0.05, 0) is 29.8 Å². The lowest BCUT2D eigenvalue weighted by Gasteiger charge is -2.16. The van der Waals surface area contributed by atoms with Crippen molar-refractivity contribution in [1.29, 1.82) is 0 Å². The third kappa shape index (κ3) is 3.04. The van der Waals surface area contributed by atoms with Crippen LogP contribution < -0.4 is 10.1 Å². The van der Waals surface area contributed by atoms with Gasteiger partial charge in [-0.25, -0.2) is 0 Å². The number of methoxy groups -OCH3 is 1. The van der Waals surface area contributed by atoms with Gasteiger partial charge >= 0.3 is 0 Å². The number of nitrogens with one attached hydrogen (secondary N) is 1. The van der Waals surface area contributed by atoms with E-state index in [1.807, 2.05) is 30.3 Å². The van der Waals surface area contributed by atoms with Crippen LogP contribution in [0.1, 0.15) is 28.4 Å². The van der Waals surface area contributed by atoms with Crippen LogP contribution in [-0.4, -0.2) is 23.8 Å². The maximum atomic E-state index is 12.6. The van der Waals surface area contributed by atoms with Gasteiger partial charge in [-0.1, -0.05) is 18.2 Å². The number of rotatable bonds is 4. The molecule has 0 atom stereocenters. The minimum atomic E-state index is -0.139. The average Bonchev–Trinajstić information content (AvgIpc) is 2.85. The van der Waals surface area contributed by atoms with Gasteiger partial charge in [0.25, 0.3) is 5.91 Å². The second kappa shape index (κ2) is 6.12. The monoisotopic (exact) mass is 310 g/mol. The zero-order valence-corrected chi connectivity index (χ0v) is 13.1. The third-order valence-electron chi connectivity index (χ3n) is 3.89. The third-order valence-corrected chi connectivity index (χ3v) is 3.89. The summed E-state index contributed by atoms with van der Waals surface area (Å²) in [6, 6.07) is 13.1. The first-order chi connectivity index (χ1) is 11.1. The summed E-state index contributed by atoms with van der Waals surface area (Å²) in [5, 5.41) is 2.79. The minimum absolute atomic E-state index is 0.0111. The summed E-state index contributed by atoms with van der Waals surface area (Å²) in [6.07, 6.45) is 0. The van der Waals surface area contributed by atoms with Crippen molar-refractivity contribution in [1.82, 2.24) is 4.90 Å². The summed E-state index contributed by atoms with van der Waals surface area (Å²) in [6.45, 7) is 2.49. The van der Waals surface area contributed by atoms with E-state index in [0.717, 1.165) is 16.9 Å². The van der Waals surface area contributed by atoms with Crippen molar-refractivity contribution in [3.63, 3.8) is 0 Å². The molecule has 1 aliphatic heterocycles. The second-order valence-electron chi connectivity index (χ2n) is 5.52. The largest absolute Gasteiger partial charge is 0.497 e. The quantitative estimate of drug-likeness (QED) is 0.944. The van der Waals surface area contributed by atoms with Crippen molar-refractivity contribution in [2.75, 3.05) is 12.4 Å². The summed E-state index contributed by atoms with van der Waals surface area (Å²) in [7, 11) is 1.62. The van der Waals surface area contributed by atoms with Crippen LogP contribution in [0.5, 0.6) is 5.75 Å². The van der Waals surface area contributed by atoms with E-state index >= 15 is 0 Å². The molecule has 2 amide bonds. The fourth-order valence-corrected chi connectivity index (χ4v) is 2.78. The summed E-state index contributed by atoms with van der Waals surface area (Å²) in [4.78, 5) is 25.6. The van der Waals surface area contributed by atoms with Crippen LogP contribution in [0.4, 0.5) is 5.69 Å². The van der Waals surface area contributed by atoms with Crippen molar-refractivity contribution in [3.05, 3.63) is 59.2 Å². The number of fused-ring (bicyclic) bond motifs is 1. The molecule has 0 aliphatic carbocycles. The van der Waals surface area contributed by atoms with Crippen LogP contribution >= 0.6 is 0 Å². The highest BCUT2D eigenvalue weighted by atomic mass is 16.5. The lowest BCUT2D eigenvalue weighted by atomic mass is 10.1. The number of hydrogen-bond acceptors (Lipinski definition) is 3. The van der Waals surface area contributed by atoms with Crippen molar-refractivity contribution >= 4 is 17.5 Å². The molecule has 0 radical (unpaired) electrons. The summed E-state index contributed by atoms with van der Waals surface area (Å²) < 4.78 is 5.14. The number of carbonyl (C=O) groups is 2. The predicted molar refractivity (Wildman–Crippen MR) is 87.3 cm³/mol. The summed E-state index contributed by atoms with van der Waals surface area (Å²) in [5.41, 5.74) is 3.28. The first-order valence-corrected chi connectivity index (χ1v) is 7.40. The van der Waals surface area contributed by atoms with Crippen LogP contribution in [0.2, 0.25) is 0 Å². The first-order valence-electron chi connectivity index (χ1n) is 7.40. The Balaban J connectivity index is 1.81. The topological polar surface area (TPSA) is 58.6 Å². The molecule has 5 nitrogen and oxygen atoms in total. The zero-order valence-electron chi connectivity index (χ0n) is 13.1. The molecular formula is C18H18N2O3. The maximum Gasteiger partial charge on any atom is 0.254 e. The van der Waals surface area contributed by atoms with E-state index in [4.69, 9.17) is 4.74 Å². The van der Waals surface area contributed by atoms with E-state index in [2.05, 4.69) is 5.32 Å². The highest BCUT2D eigenvalue weighted by Gasteiger charge is 2.29. The molecule has 0 fully saturated rings. The second-order valence-corrected chi connectivity index (χ2v) is 5.52. The fraction of sp³-hybridized carbons (Fsp3) is 0.222. The summed E-state index contributed by atoms with van der Waals surface area (Å²) in [5.74, 6) is 0.639. The van der Waals surface area contributed by atoms with Crippen molar-refractivity contribution in [2.45, 2.75) is 20.0 Å². The van der Waals surface area contributed by atoms with Crippen LogP contribution in [-0.2, 0) is 17.9 Å². The Hall–Kier alpha value is -2.82. The maximum absolute atomic E-state index is 12.6. The molecule has 23 heavy (non-hydrogen) atoms. The number of hydrogen-bond donors (Lipinski definition) is 1. The number of carbonyl (C=O) groups excluding carboxylic acids is 2. The number of benzene rings is 2. The Labute approximate surface area is 134 Å². The van der Waals surface area contributed by atoms with Crippen molar-refractivity contribution in [2.24, 2.45) is 0 Å². The van der Waals surface area contributed by atoms with Crippen LogP contribution in [0.25, 0.3) is 0 Å². The van der Waals surface area contributed by atoms with Gasteiger partial charge in [0.2, 0.25) is 5.91 Å². The highest BCUT2D eigenvalue weighted by Crippen LogP contribution is 2.30. The number of amides is 2. The Morgan fingerprint density at radius 3 is 2.61 bits per heavy atom. The predicted octanol–water partition coefficient (Wildman–Crippen LogP) is 2.81. The normalized spacial score (nSPS) is 13.0. The van der Waals surface area contributed by atoms with Gasteiger partial charge in [-0.15, -0.1) is 0 Å².